The minimum atomic E-state index is -0.615. The number of urea groups is 1. The normalized spacial score (nSPS) is 21.9. The lowest BCUT2D eigenvalue weighted by Gasteiger charge is -2.23. The summed E-state index contributed by atoms with van der Waals surface area (Å²) in [7, 11) is 0. The van der Waals surface area contributed by atoms with E-state index in [1.165, 1.54) is 32.1 Å². The molecule has 0 saturated heterocycles. The number of hydrogen-bond acceptors (Lipinski definition) is 3. The monoisotopic (exact) mass is 270 g/mol. The Kier molecular flexibility index (Phi) is 5.92. The Hall–Kier alpha value is -0.810. The topological polar surface area (TPSA) is 70.6 Å². The molecule has 5 nitrogen and oxygen atoms in total. The zero-order chi connectivity index (χ0) is 13.5. The van der Waals surface area contributed by atoms with Crippen LogP contribution in [0, 0.1) is 5.92 Å². The standard InChI is InChI=1S/C14H26N2O3/c17-13(10-19-9-11-6-7-11)8-15-14(18)16-12-4-2-1-3-5-12/h11-13,17H,1-10H2,(H2,15,16,18). The largest absolute Gasteiger partial charge is 0.389 e. The van der Waals surface area contributed by atoms with Crippen LogP contribution in [0.15, 0.2) is 0 Å². The molecule has 2 aliphatic rings. The van der Waals surface area contributed by atoms with Crippen LogP contribution in [0.4, 0.5) is 4.79 Å². The first kappa shape index (κ1) is 14.6. The minimum absolute atomic E-state index is 0.173. The SMILES string of the molecule is O=C(NCC(O)COCC1CC1)NC1CCCCC1. The summed E-state index contributed by atoms with van der Waals surface area (Å²) in [4.78, 5) is 11.6. The Bertz CT molecular complexity index is 276. The molecule has 2 amide bonds. The van der Waals surface area contributed by atoms with E-state index in [1.807, 2.05) is 0 Å². The van der Waals surface area contributed by atoms with E-state index in [4.69, 9.17) is 4.74 Å². The Labute approximate surface area is 115 Å². The van der Waals surface area contributed by atoms with Gasteiger partial charge in [0.15, 0.2) is 0 Å². The summed E-state index contributed by atoms with van der Waals surface area (Å²) < 4.78 is 5.38. The highest BCUT2D eigenvalue weighted by molar-refractivity contribution is 5.74. The quantitative estimate of drug-likeness (QED) is 0.655. The molecule has 5 heteroatoms. The average Bonchev–Trinajstić information content (AvgIpc) is 3.22. The molecule has 1 unspecified atom stereocenters. The Morgan fingerprint density at radius 3 is 2.63 bits per heavy atom. The summed E-state index contributed by atoms with van der Waals surface area (Å²) in [6.07, 6.45) is 7.69. The molecule has 0 radical (unpaired) electrons. The molecule has 2 aliphatic carbocycles. The second-order valence-electron chi connectivity index (χ2n) is 5.82. The smallest absolute Gasteiger partial charge is 0.315 e. The average molecular weight is 270 g/mol. The number of nitrogens with one attached hydrogen (secondary N) is 2. The van der Waals surface area contributed by atoms with Crippen molar-refractivity contribution < 1.29 is 14.6 Å². The lowest BCUT2D eigenvalue weighted by Crippen LogP contribution is -2.45. The molecule has 2 fully saturated rings. The van der Waals surface area contributed by atoms with Crippen molar-refractivity contribution in [2.75, 3.05) is 19.8 Å². The third kappa shape index (κ3) is 6.25. The summed E-state index contributed by atoms with van der Waals surface area (Å²) in [6.45, 7) is 1.30. The lowest BCUT2D eigenvalue weighted by atomic mass is 9.96. The summed E-state index contributed by atoms with van der Waals surface area (Å²) >= 11 is 0. The Morgan fingerprint density at radius 1 is 1.21 bits per heavy atom. The van der Waals surface area contributed by atoms with Gasteiger partial charge in [-0.2, -0.15) is 0 Å². The number of carbonyl (C=O) groups is 1. The predicted octanol–water partition coefficient (Wildman–Crippen LogP) is 1.41. The number of aliphatic hydroxyl groups is 1. The highest BCUT2D eigenvalue weighted by atomic mass is 16.5. The molecule has 19 heavy (non-hydrogen) atoms. The molecule has 3 N–H and O–H groups in total. The molecule has 0 aromatic rings. The van der Waals surface area contributed by atoms with Crippen LogP contribution in [-0.4, -0.2) is 43.0 Å². The fourth-order valence-electron chi connectivity index (χ4n) is 2.41. The minimum Gasteiger partial charge on any atom is -0.389 e. The summed E-state index contributed by atoms with van der Waals surface area (Å²) in [5.41, 5.74) is 0. The van der Waals surface area contributed by atoms with Crippen LogP contribution in [0.1, 0.15) is 44.9 Å². The van der Waals surface area contributed by atoms with Crippen LogP contribution in [-0.2, 0) is 4.74 Å². The van der Waals surface area contributed by atoms with Gasteiger partial charge in [-0.25, -0.2) is 4.79 Å². The number of ether oxygens (including phenoxy) is 1. The third-order valence-corrected chi connectivity index (χ3v) is 3.80. The number of aliphatic hydroxyl groups excluding tert-OH is 1. The van der Waals surface area contributed by atoms with Crippen LogP contribution in [0.2, 0.25) is 0 Å². The molecule has 110 valence electrons. The van der Waals surface area contributed by atoms with Crippen LogP contribution in [0.25, 0.3) is 0 Å². The molecule has 0 aliphatic heterocycles. The van der Waals surface area contributed by atoms with Crippen molar-refractivity contribution in [3.8, 4) is 0 Å². The first-order valence-corrected chi connectivity index (χ1v) is 7.54. The molecule has 2 rings (SSSR count). The van der Waals surface area contributed by atoms with E-state index >= 15 is 0 Å². The van der Waals surface area contributed by atoms with E-state index in [-0.39, 0.29) is 12.6 Å². The molecule has 1 atom stereocenters. The van der Waals surface area contributed by atoms with Crippen LogP contribution in [0.3, 0.4) is 0 Å². The summed E-state index contributed by atoms with van der Waals surface area (Å²) in [6, 6.07) is 0.130. The predicted molar refractivity (Wildman–Crippen MR) is 73.0 cm³/mol. The zero-order valence-electron chi connectivity index (χ0n) is 11.6. The van der Waals surface area contributed by atoms with Crippen LogP contribution >= 0.6 is 0 Å². The second-order valence-corrected chi connectivity index (χ2v) is 5.82. The summed E-state index contributed by atoms with van der Waals surface area (Å²) in [5.74, 6) is 0.703. The highest BCUT2D eigenvalue weighted by Crippen LogP contribution is 2.28. The van der Waals surface area contributed by atoms with Crippen LogP contribution < -0.4 is 10.6 Å². The molecule has 2 saturated carbocycles. The van der Waals surface area contributed by atoms with Crippen LogP contribution in [0.5, 0.6) is 0 Å². The number of rotatable bonds is 7. The van der Waals surface area contributed by atoms with Gasteiger partial charge in [0, 0.05) is 19.2 Å². The Morgan fingerprint density at radius 2 is 1.95 bits per heavy atom. The van der Waals surface area contributed by atoms with Gasteiger partial charge in [-0.3, -0.25) is 0 Å². The van der Waals surface area contributed by atoms with Gasteiger partial charge in [0.05, 0.1) is 12.7 Å². The van der Waals surface area contributed by atoms with Gasteiger partial charge in [0.1, 0.15) is 0 Å². The maximum Gasteiger partial charge on any atom is 0.315 e. The molecule has 0 aromatic heterocycles. The van der Waals surface area contributed by atoms with E-state index in [2.05, 4.69) is 10.6 Å². The Balaban J connectivity index is 1.49. The molecule has 0 heterocycles. The van der Waals surface area contributed by atoms with Crippen molar-refractivity contribution in [3.05, 3.63) is 0 Å². The van der Waals surface area contributed by atoms with Gasteiger partial charge in [-0.05, 0) is 31.6 Å². The van der Waals surface area contributed by atoms with E-state index in [1.54, 1.807) is 0 Å². The van der Waals surface area contributed by atoms with E-state index in [0.29, 0.717) is 18.6 Å². The van der Waals surface area contributed by atoms with Gasteiger partial charge >= 0.3 is 6.03 Å². The lowest BCUT2D eigenvalue weighted by molar-refractivity contribution is 0.0336. The number of carbonyl (C=O) groups excluding carboxylic acids is 1. The van der Waals surface area contributed by atoms with E-state index in [0.717, 1.165) is 19.4 Å². The van der Waals surface area contributed by atoms with Crippen molar-refractivity contribution in [2.24, 2.45) is 5.92 Å². The number of hydrogen-bond donors (Lipinski definition) is 3. The maximum absolute atomic E-state index is 11.6. The zero-order valence-corrected chi connectivity index (χ0v) is 11.6. The fraction of sp³-hybridized carbons (Fsp3) is 0.929. The van der Waals surface area contributed by atoms with Gasteiger partial charge in [-0.15, -0.1) is 0 Å². The molecule has 0 bridgehead atoms. The van der Waals surface area contributed by atoms with Crippen molar-refractivity contribution in [1.82, 2.24) is 10.6 Å². The first-order chi connectivity index (χ1) is 9.24. The highest BCUT2D eigenvalue weighted by Gasteiger charge is 2.21. The van der Waals surface area contributed by atoms with Crippen molar-refractivity contribution in [3.63, 3.8) is 0 Å². The van der Waals surface area contributed by atoms with Gasteiger partial charge in [-0.1, -0.05) is 19.3 Å². The maximum atomic E-state index is 11.6. The molecular weight excluding hydrogens is 244 g/mol. The molecular formula is C14H26N2O3. The van der Waals surface area contributed by atoms with E-state index < -0.39 is 6.10 Å². The number of amides is 2. The van der Waals surface area contributed by atoms with Crippen molar-refractivity contribution >= 4 is 6.03 Å². The van der Waals surface area contributed by atoms with Crippen molar-refractivity contribution in [2.45, 2.75) is 57.1 Å². The molecule has 0 spiro atoms. The third-order valence-electron chi connectivity index (χ3n) is 3.80. The van der Waals surface area contributed by atoms with Gasteiger partial charge in [0.2, 0.25) is 0 Å². The van der Waals surface area contributed by atoms with Gasteiger partial charge < -0.3 is 20.5 Å². The van der Waals surface area contributed by atoms with E-state index in [9.17, 15) is 9.90 Å². The second kappa shape index (κ2) is 7.70. The fourth-order valence-corrected chi connectivity index (χ4v) is 2.41. The van der Waals surface area contributed by atoms with Gasteiger partial charge in [0.25, 0.3) is 0 Å². The van der Waals surface area contributed by atoms with Crippen molar-refractivity contribution in [1.29, 1.82) is 0 Å². The summed E-state index contributed by atoms with van der Waals surface area (Å²) in [5, 5.41) is 15.3. The molecule has 0 aromatic carbocycles. The first-order valence-electron chi connectivity index (χ1n) is 7.54.